The minimum absolute atomic E-state index is 0.0118. The first-order valence-electron chi connectivity index (χ1n) is 20.2. The second-order valence-corrected chi connectivity index (χ2v) is 16.7. The molecule has 3 fully saturated rings. The van der Waals surface area contributed by atoms with Gasteiger partial charge in [0.15, 0.2) is 5.78 Å². The number of pyridine rings is 1. The summed E-state index contributed by atoms with van der Waals surface area (Å²) in [7, 11) is 0. The summed E-state index contributed by atoms with van der Waals surface area (Å²) in [5.41, 5.74) is 2.90. The van der Waals surface area contributed by atoms with Crippen LogP contribution in [0.2, 0.25) is 5.02 Å². The Labute approximate surface area is 315 Å². The number of halogens is 1. The monoisotopic (exact) mass is 733 g/mol. The van der Waals surface area contributed by atoms with Gasteiger partial charge in [0.2, 0.25) is 0 Å². The SMILES string of the molecule is CCN(CCCC(C)Nc1ccnc2cc(Cl)ccc12)CCOC(=O)CCCC(=O)O[C@@]1(C)CCC2C3CCC4=CC(=O)CCC4C3CC[C@@]21CC. The smallest absolute Gasteiger partial charge is 0.306 e. The molecular formula is C43H60ClN3O5. The molecule has 284 valence electrons. The van der Waals surface area contributed by atoms with Gasteiger partial charge in [-0.25, -0.2) is 0 Å². The third-order valence-electron chi connectivity index (χ3n) is 13.6. The number of nitrogens with zero attached hydrogens (tertiary/aromatic N) is 2. The highest BCUT2D eigenvalue weighted by molar-refractivity contribution is 6.31. The zero-order valence-corrected chi connectivity index (χ0v) is 32.6. The Kier molecular flexibility index (Phi) is 12.7. The molecule has 8 nitrogen and oxygen atoms in total. The second kappa shape index (κ2) is 17.0. The fourth-order valence-electron chi connectivity index (χ4n) is 10.9. The molecule has 0 aliphatic heterocycles. The van der Waals surface area contributed by atoms with Gasteiger partial charge < -0.3 is 19.7 Å². The van der Waals surface area contributed by atoms with Crippen molar-refractivity contribution >= 4 is 45.9 Å². The lowest BCUT2D eigenvalue weighted by molar-refractivity contribution is -0.182. The molecule has 0 amide bonds. The van der Waals surface area contributed by atoms with E-state index in [9.17, 15) is 14.4 Å². The highest BCUT2D eigenvalue weighted by atomic mass is 35.5. The lowest BCUT2D eigenvalue weighted by Crippen LogP contribution is -2.54. The van der Waals surface area contributed by atoms with Crippen molar-refractivity contribution in [3.8, 4) is 0 Å². The first-order valence-corrected chi connectivity index (χ1v) is 20.6. The predicted octanol–water partition coefficient (Wildman–Crippen LogP) is 9.34. The molecule has 0 spiro atoms. The lowest BCUT2D eigenvalue weighted by atomic mass is 9.49. The second-order valence-electron chi connectivity index (χ2n) is 16.3. The van der Waals surface area contributed by atoms with Crippen LogP contribution in [0, 0.1) is 29.1 Å². The van der Waals surface area contributed by atoms with Crippen LogP contribution in [0.1, 0.15) is 118 Å². The zero-order valence-electron chi connectivity index (χ0n) is 31.9. The van der Waals surface area contributed by atoms with Crippen molar-refractivity contribution in [2.24, 2.45) is 29.1 Å². The van der Waals surface area contributed by atoms with E-state index in [4.69, 9.17) is 21.1 Å². The summed E-state index contributed by atoms with van der Waals surface area (Å²) >= 11 is 6.15. The average molecular weight is 734 g/mol. The molecule has 4 aliphatic rings. The average Bonchev–Trinajstić information content (AvgIpc) is 3.42. The molecule has 3 saturated carbocycles. The van der Waals surface area contributed by atoms with E-state index in [1.54, 1.807) is 0 Å². The number of nitrogens with one attached hydrogen (secondary N) is 1. The van der Waals surface area contributed by atoms with E-state index < -0.39 is 5.60 Å². The van der Waals surface area contributed by atoms with E-state index in [-0.39, 0.29) is 36.2 Å². The Bertz CT molecular complexity index is 1630. The molecule has 0 bridgehead atoms. The van der Waals surface area contributed by atoms with Crippen molar-refractivity contribution in [1.29, 1.82) is 0 Å². The number of hydrogen-bond donors (Lipinski definition) is 1. The standard InChI is InChI=1S/C43H60ClN3O5/c1-5-43-22-18-34-33-17-14-32(48)27-30(33)12-15-35(34)37(43)19-21-42(43,4)52-41(50)11-7-10-40(49)51-26-25-47(6-2)24-8-9-29(3)46-38-20-23-45-39-28-31(44)13-16-36(38)39/h13,16,20,23,27-29,33-35,37H,5-12,14-15,17-19,21-22,24-26H2,1-4H3,(H,45,46)/t29?,33?,34?,35?,37?,42-,43-/m0/s1. The fraction of sp³-hybridized carbons (Fsp3) is 0.674. The van der Waals surface area contributed by atoms with E-state index in [0.29, 0.717) is 60.5 Å². The van der Waals surface area contributed by atoms with E-state index in [2.05, 4.69) is 42.9 Å². The summed E-state index contributed by atoms with van der Waals surface area (Å²) in [5, 5.41) is 5.37. The van der Waals surface area contributed by atoms with Crippen molar-refractivity contribution < 1.29 is 23.9 Å². The Morgan fingerprint density at radius 2 is 1.85 bits per heavy atom. The number of esters is 2. The van der Waals surface area contributed by atoms with Crippen molar-refractivity contribution in [3.63, 3.8) is 0 Å². The molecule has 52 heavy (non-hydrogen) atoms. The summed E-state index contributed by atoms with van der Waals surface area (Å²) in [6.45, 7) is 11.7. The predicted molar refractivity (Wildman–Crippen MR) is 207 cm³/mol. The molecule has 1 aromatic heterocycles. The highest BCUT2D eigenvalue weighted by Crippen LogP contribution is 2.67. The number of carbonyl (C=O) groups excluding carboxylic acids is 3. The summed E-state index contributed by atoms with van der Waals surface area (Å²) in [6, 6.07) is 8.08. The number of fused-ring (bicyclic) bond motifs is 6. The number of likely N-dealkylation sites (N-methyl/N-ethyl adjacent to an activating group) is 1. The van der Waals surface area contributed by atoms with E-state index in [1.807, 2.05) is 36.5 Å². The number of ether oxygens (including phenoxy) is 2. The topological polar surface area (TPSA) is 97.8 Å². The van der Waals surface area contributed by atoms with Crippen LogP contribution in [0.25, 0.3) is 10.9 Å². The fourth-order valence-corrected chi connectivity index (χ4v) is 11.0. The van der Waals surface area contributed by atoms with Gasteiger partial charge in [0.05, 0.1) is 5.52 Å². The van der Waals surface area contributed by atoms with Gasteiger partial charge in [-0.3, -0.25) is 19.4 Å². The van der Waals surface area contributed by atoms with Gasteiger partial charge in [-0.2, -0.15) is 0 Å². The van der Waals surface area contributed by atoms with Gasteiger partial charge in [-0.05, 0) is 152 Å². The maximum absolute atomic E-state index is 13.3. The molecule has 0 radical (unpaired) electrons. The molecule has 1 N–H and O–H groups in total. The summed E-state index contributed by atoms with van der Waals surface area (Å²) in [5.74, 6) is 2.33. The Morgan fingerprint density at radius 1 is 1.02 bits per heavy atom. The summed E-state index contributed by atoms with van der Waals surface area (Å²) in [6.07, 6.45) is 15.9. The number of allylic oxidation sites excluding steroid dienone is 1. The van der Waals surface area contributed by atoms with Crippen LogP contribution < -0.4 is 5.32 Å². The maximum atomic E-state index is 13.3. The molecule has 0 saturated heterocycles. The zero-order chi connectivity index (χ0) is 36.9. The van der Waals surface area contributed by atoms with Crippen LogP contribution in [-0.2, 0) is 23.9 Å². The third kappa shape index (κ3) is 8.38. The van der Waals surface area contributed by atoms with Gasteiger partial charge in [-0.15, -0.1) is 0 Å². The van der Waals surface area contributed by atoms with Crippen LogP contribution in [0.15, 0.2) is 42.1 Å². The number of anilines is 1. The van der Waals surface area contributed by atoms with Gasteiger partial charge in [0.1, 0.15) is 12.2 Å². The molecule has 6 rings (SSSR count). The molecule has 7 atom stereocenters. The summed E-state index contributed by atoms with van der Waals surface area (Å²) in [4.78, 5) is 44.7. The quantitative estimate of drug-likeness (QED) is 0.171. The normalized spacial score (nSPS) is 28.8. The largest absolute Gasteiger partial charge is 0.464 e. The molecule has 9 heteroatoms. The van der Waals surface area contributed by atoms with Crippen LogP contribution >= 0.6 is 11.6 Å². The van der Waals surface area contributed by atoms with Crippen LogP contribution in [0.5, 0.6) is 0 Å². The minimum Gasteiger partial charge on any atom is -0.464 e. The molecule has 2 aromatic rings. The number of benzene rings is 1. The van der Waals surface area contributed by atoms with Gasteiger partial charge in [0, 0.05) is 59.6 Å². The molecule has 1 aromatic carbocycles. The van der Waals surface area contributed by atoms with Crippen LogP contribution in [0.3, 0.4) is 0 Å². The molecular weight excluding hydrogens is 674 g/mol. The van der Waals surface area contributed by atoms with E-state index >= 15 is 0 Å². The van der Waals surface area contributed by atoms with Crippen LogP contribution in [0.4, 0.5) is 5.69 Å². The van der Waals surface area contributed by atoms with Crippen LogP contribution in [-0.4, -0.2) is 65.5 Å². The molecule has 4 aliphatic carbocycles. The van der Waals surface area contributed by atoms with Gasteiger partial charge in [-0.1, -0.05) is 31.0 Å². The first kappa shape index (κ1) is 38.7. The van der Waals surface area contributed by atoms with Crippen molar-refractivity contribution in [2.45, 2.75) is 129 Å². The third-order valence-corrected chi connectivity index (χ3v) is 13.8. The number of aromatic nitrogens is 1. The van der Waals surface area contributed by atoms with Gasteiger partial charge in [0.25, 0.3) is 0 Å². The van der Waals surface area contributed by atoms with E-state index in [1.165, 1.54) is 5.57 Å². The van der Waals surface area contributed by atoms with Crippen molar-refractivity contribution in [2.75, 3.05) is 31.6 Å². The number of ketones is 1. The maximum Gasteiger partial charge on any atom is 0.306 e. The first-order chi connectivity index (χ1) is 25.1. The van der Waals surface area contributed by atoms with E-state index in [0.717, 1.165) is 93.9 Å². The molecule has 5 unspecified atom stereocenters. The number of hydrogen-bond acceptors (Lipinski definition) is 8. The van der Waals surface area contributed by atoms with Gasteiger partial charge >= 0.3 is 11.9 Å². The Balaban J connectivity index is 0.884. The van der Waals surface area contributed by atoms with Crippen molar-refractivity contribution in [1.82, 2.24) is 9.88 Å². The summed E-state index contributed by atoms with van der Waals surface area (Å²) < 4.78 is 12.0. The molecule has 1 heterocycles. The Morgan fingerprint density at radius 3 is 2.65 bits per heavy atom. The highest BCUT2D eigenvalue weighted by Gasteiger charge is 2.64. The minimum atomic E-state index is -0.465. The lowest BCUT2D eigenvalue weighted by Gasteiger charge is -2.57. The number of rotatable bonds is 16. The van der Waals surface area contributed by atoms with Crippen molar-refractivity contribution in [3.05, 3.63) is 47.1 Å². The number of carbonyl (C=O) groups is 3. The Hall–Kier alpha value is -2.97.